The van der Waals surface area contributed by atoms with Gasteiger partial charge in [0.15, 0.2) is 11.5 Å². The number of aliphatic hydroxyl groups excluding tert-OH is 1. The van der Waals surface area contributed by atoms with E-state index in [2.05, 4.69) is 21.2 Å². The van der Waals surface area contributed by atoms with Crippen molar-refractivity contribution in [3.8, 4) is 11.5 Å². The zero-order chi connectivity index (χ0) is 19.1. The molecule has 0 spiro atoms. The maximum atomic E-state index is 13.9. The van der Waals surface area contributed by atoms with E-state index in [1.807, 2.05) is 19.1 Å². The van der Waals surface area contributed by atoms with E-state index in [1.165, 1.54) is 6.07 Å². The molecule has 0 aliphatic heterocycles. The fourth-order valence-electron chi connectivity index (χ4n) is 2.37. The van der Waals surface area contributed by atoms with E-state index in [-0.39, 0.29) is 6.61 Å². The van der Waals surface area contributed by atoms with Gasteiger partial charge in [-0.15, -0.1) is 0 Å². The molecule has 0 saturated heterocycles. The molecule has 0 amide bonds. The average molecular weight is 447 g/mol. The molecule has 0 saturated carbocycles. The number of halogens is 3. The van der Waals surface area contributed by atoms with E-state index in [4.69, 9.17) is 21.1 Å². The van der Waals surface area contributed by atoms with E-state index in [1.54, 1.807) is 19.1 Å². The van der Waals surface area contributed by atoms with E-state index in [9.17, 15) is 9.50 Å². The standard InChI is InChI=1S/C19H22BrClFNO3/c1-3-25-18-8-13(10-23-9-12(2)24)7-15(20)19(18)26-11-14-16(21)5-4-6-17(14)22/h4-8,12,23-24H,3,9-11H2,1-2H3. The minimum Gasteiger partial charge on any atom is -0.490 e. The lowest BCUT2D eigenvalue weighted by Crippen LogP contribution is -2.23. The zero-order valence-corrected chi connectivity index (χ0v) is 17.0. The molecule has 142 valence electrons. The van der Waals surface area contributed by atoms with Crippen LogP contribution in [0.2, 0.25) is 5.02 Å². The highest BCUT2D eigenvalue weighted by molar-refractivity contribution is 9.10. The maximum Gasteiger partial charge on any atom is 0.175 e. The lowest BCUT2D eigenvalue weighted by atomic mass is 10.2. The van der Waals surface area contributed by atoms with Gasteiger partial charge in [0.2, 0.25) is 0 Å². The molecule has 4 nitrogen and oxygen atoms in total. The van der Waals surface area contributed by atoms with Crippen molar-refractivity contribution in [2.75, 3.05) is 13.2 Å². The SMILES string of the molecule is CCOc1cc(CNCC(C)O)cc(Br)c1OCc1c(F)cccc1Cl. The number of aliphatic hydroxyl groups is 1. The first-order valence-corrected chi connectivity index (χ1v) is 9.49. The molecule has 0 aliphatic rings. The highest BCUT2D eigenvalue weighted by Crippen LogP contribution is 2.38. The van der Waals surface area contributed by atoms with Gasteiger partial charge in [-0.05, 0) is 59.6 Å². The van der Waals surface area contributed by atoms with Crippen LogP contribution in [0.5, 0.6) is 11.5 Å². The summed E-state index contributed by atoms with van der Waals surface area (Å²) in [6.45, 7) is 5.12. The third-order valence-electron chi connectivity index (χ3n) is 3.56. The average Bonchev–Trinajstić information content (AvgIpc) is 2.56. The summed E-state index contributed by atoms with van der Waals surface area (Å²) < 4.78 is 26.1. The Morgan fingerprint density at radius 3 is 2.73 bits per heavy atom. The summed E-state index contributed by atoms with van der Waals surface area (Å²) in [5, 5.41) is 12.8. The second kappa shape index (κ2) is 10.1. The van der Waals surface area contributed by atoms with Gasteiger partial charge in [-0.2, -0.15) is 0 Å². The second-order valence-corrected chi connectivity index (χ2v) is 7.07. The first-order valence-electron chi connectivity index (χ1n) is 8.32. The molecule has 2 rings (SSSR count). The lowest BCUT2D eigenvalue weighted by Gasteiger charge is -2.16. The van der Waals surface area contributed by atoms with Gasteiger partial charge < -0.3 is 19.9 Å². The third kappa shape index (κ3) is 5.84. The fraction of sp³-hybridized carbons (Fsp3) is 0.368. The van der Waals surface area contributed by atoms with E-state index >= 15 is 0 Å². The van der Waals surface area contributed by atoms with Crippen molar-refractivity contribution < 1.29 is 19.0 Å². The molecular formula is C19H22BrClFNO3. The molecule has 0 fully saturated rings. The van der Waals surface area contributed by atoms with Gasteiger partial charge in [0.05, 0.1) is 22.2 Å². The predicted molar refractivity (Wildman–Crippen MR) is 104 cm³/mol. The molecule has 0 radical (unpaired) electrons. The number of rotatable bonds is 9. The van der Waals surface area contributed by atoms with Crippen LogP contribution in [-0.2, 0) is 13.2 Å². The van der Waals surface area contributed by atoms with Gasteiger partial charge >= 0.3 is 0 Å². The van der Waals surface area contributed by atoms with Gasteiger partial charge in [0, 0.05) is 18.7 Å². The van der Waals surface area contributed by atoms with Crippen LogP contribution in [0, 0.1) is 5.82 Å². The lowest BCUT2D eigenvalue weighted by molar-refractivity contribution is 0.191. The van der Waals surface area contributed by atoms with Crippen molar-refractivity contribution in [3.63, 3.8) is 0 Å². The summed E-state index contributed by atoms with van der Waals surface area (Å²) in [7, 11) is 0. The Balaban J connectivity index is 2.18. The van der Waals surface area contributed by atoms with Crippen LogP contribution < -0.4 is 14.8 Å². The Labute approximate surface area is 166 Å². The number of ether oxygens (including phenoxy) is 2. The fourth-order valence-corrected chi connectivity index (χ4v) is 3.19. The van der Waals surface area contributed by atoms with Gasteiger partial charge in [-0.1, -0.05) is 17.7 Å². The van der Waals surface area contributed by atoms with Crippen molar-refractivity contribution in [1.82, 2.24) is 5.32 Å². The second-order valence-electron chi connectivity index (χ2n) is 5.81. The summed E-state index contributed by atoms with van der Waals surface area (Å²) in [5.74, 6) is 0.638. The molecule has 7 heteroatoms. The van der Waals surface area contributed by atoms with E-state index in [0.717, 1.165) is 5.56 Å². The largest absolute Gasteiger partial charge is 0.490 e. The highest BCUT2D eigenvalue weighted by atomic mass is 79.9. The predicted octanol–water partition coefficient (Wildman–Crippen LogP) is 4.69. The molecule has 26 heavy (non-hydrogen) atoms. The molecule has 2 aromatic carbocycles. The number of benzene rings is 2. The van der Waals surface area contributed by atoms with Crippen LogP contribution in [0.1, 0.15) is 25.0 Å². The maximum absolute atomic E-state index is 13.9. The molecule has 2 N–H and O–H groups in total. The normalized spacial score (nSPS) is 12.1. The van der Waals surface area contributed by atoms with Crippen molar-refractivity contribution >= 4 is 27.5 Å². The highest BCUT2D eigenvalue weighted by Gasteiger charge is 2.15. The van der Waals surface area contributed by atoms with Crippen LogP contribution in [-0.4, -0.2) is 24.4 Å². The zero-order valence-electron chi connectivity index (χ0n) is 14.7. The van der Waals surface area contributed by atoms with Crippen LogP contribution in [0.3, 0.4) is 0 Å². The molecule has 0 aliphatic carbocycles. The number of hydrogen-bond acceptors (Lipinski definition) is 4. The minimum absolute atomic E-state index is 0.0101. The summed E-state index contributed by atoms with van der Waals surface area (Å²) in [6, 6.07) is 8.29. The smallest absolute Gasteiger partial charge is 0.175 e. The Kier molecular flexibility index (Phi) is 8.15. The van der Waals surface area contributed by atoms with Gasteiger partial charge in [0.25, 0.3) is 0 Å². The van der Waals surface area contributed by atoms with Crippen LogP contribution in [0.4, 0.5) is 4.39 Å². The monoisotopic (exact) mass is 445 g/mol. The first kappa shape index (κ1) is 21.0. The summed E-state index contributed by atoms with van der Waals surface area (Å²) in [4.78, 5) is 0. The van der Waals surface area contributed by atoms with E-state index < -0.39 is 11.9 Å². The Morgan fingerprint density at radius 2 is 2.08 bits per heavy atom. The van der Waals surface area contributed by atoms with Gasteiger partial charge in [-0.25, -0.2) is 4.39 Å². The van der Waals surface area contributed by atoms with Crippen molar-refractivity contribution in [1.29, 1.82) is 0 Å². The summed E-state index contributed by atoms with van der Waals surface area (Å²) in [5.41, 5.74) is 1.27. The first-order chi connectivity index (χ1) is 12.4. The van der Waals surface area contributed by atoms with E-state index in [0.29, 0.717) is 46.3 Å². The molecular weight excluding hydrogens is 425 g/mol. The third-order valence-corrected chi connectivity index (χ3v) is 4.50. The number of nitrogens with one attached hydrogen (secondary N) is 1. The van der Waals surface area contributed by atoms with Crippen molar-refractivity contribution in [3.05, 3.63) is 56.8 Å². The van der Waals surface area contributed by atoms with Crippen LogP contribution in [0.15, 0.2) is 34.8 Å². The molecule has 0 heterocycles. The quantitative estimate of drug-likeness (QED) is 0.587. The molecule has 0 aromatic heterocycles. The van der Waals surface area contributed by atoms with Gasteiger partial charge in [0.1, 0.15) is 12.4 Å². The van der Waals surface area contributed by atoms with Crippen molar-refractivity contribution in [2.24, 2.45) is 0 Å². The minimum atomic E-state index is -0.419. The molecule has 1 atom stereocenters. The summed E-state index contributed by atoms with van der Waals surface area (Å²) in [6.07, 6.45) is -0.419. The Morgan fingerprint density at radius 1 is 1.31 bits per heavy atom. The van der Waals surface area contributed by atoms with Crippen molar-refractivity contribution in [2.45, 2.75) is 33.1 Å². The summed E-state index contributed by atoms with van der Waals surface area (Å²) >= 11 is 9.54. The molecule has 0 bridgehead atoms. The van der Waals surface area contributed by atoms with Gasteiger partial charge in [-0.3, -0.25) is 0 Å². The molecule has 1 unspecified atom stereocenters. The van der Waals surface area contributed by atoms with Crippen LogP contribution >= 0.6 is 27.5 Å². The van der Waals surface area contributed by atoms with Crippen LogP contribution in [0.25, 0.3) is 0 Å². The Bertz CT molecular complexity index is 723. The topological polar surface area (TPSA) is 50.7 Å². The molecule has 2 aromatic rings. The number of hydrogen-bond donors (Lipinski definition) is 2. The Hall–Kier alpha value is -1.34.